The summed E-state index contributed by atoms with van der Waals surface area (Å²) in [4.78, 5) is 22.8. The standard InChI is InChI=1S/C12H20N4S.C11H16O.C2H6/c1-3-11-9-13-12(14-10-11)15-5-7-16(8-6-15)17-4-2;1-9(2)7-6-8(12)10(3)4-5-11(7,9)10;1-2/h9-10H,3-8H2,1-2H3;7H,4-6H2,1-3H3;1-2H3. The largest absolute Gasteiger partial charge is 0.338 e. The summed E-state index contributed by atoms with van der Waals surface area (Å²) in [6.45, 7) is 19.5. The highest BCUT2D eigenvalue weighted by Crippen LogP contribution is 2.89. The van der Waals surface area contributed by atoms with Crippen LogP contribution in [0.3, 0.4) is 0 Å². The van der Waals surface area contributed by atoms with Crippen LogP contribution in [0.15, 0.2) is 12.4 Å². The number of hydrogen-bond acceptors (Lipinski definition) is 6. The molecule has 1 aromatic heterocycles. The molecule has 0 bridgehead atoms. The number of rotatable bonds is 4. The molecule has 0 amide bonds. The molecule has 5 rings (SSSR count). The van der Waals surface area contributed by atoms with Gasteiger partial charge < -0.3 is 4.90 Å². The van der Waals surface area contributed by atoms with Crippen molar-refractivity contribution in [3.63, 3.8) is 0 Å². The second-order valence-electron chi connectivity index (χ2n) is 9.78. The van der Waals surface area contributed by atoms with Crippen LogP contribution < -0.4 is 4.90 Å². The van der Waals surface area contributed by atoms with Gasteiger partial charge in [0.05, 0.1) is 0 Å². The maximum atomic E-state index is 11.7. The Bertz CT molecular complexity index is 759. The Morgan fingerprint density at radius 1 is 1.03 bits per heavy atom. The van der Waals surface area contributed by atoms with Gasteiger partial charge in [-0.1, -0.05) is 60.4 Å². The predicted octanol–water partition coefficient (Wildman–Crippen LogP) is 5.26. The molecule has 31 heavy (non-hydrogen) atoms. The first kappa shape index (κ1) is 24.5. The van der Waals surface area contributed by atoms with Gasteiger partial charge in [0.15, 0.2) is 0 Å². The van der Waals surface area contributed by atoms with Crippen LogP contribution in [-0.4, -0.2) is 52.0 Å². The Hall–Kier alpha value is -1.14. The van der Waals surface area contributed by atoms with E-state index in [9.17, 15) is 4.79 Å². The van der Waals surface area contributed by atoms with Crippen molar-refractivity contribution in [2.45, 2.75) is 74.1 Å². The van der Waals surface area contributed by atoms with E-state index in [0.717, 1.165) is 63.1 Å². The van der Waals surface area contributed by atoms with E-state index in [2.05, 4.69) is 53.8 Å². The number of hydrogen-bond donors (Lipinski definition) is 0. The van der Waals surface area contributed by atoms with E-state index in [4.69, 9.17) is 0 Å². The molecule has 0 N–H and O–H groups in total. The summed E-state index contributed by atoms with van der Waals surface area (Å²) in [5, 5.41) is 0. The summed E-state index contributed by atoms with van der Waals surface area (Å²) >= 11 is 1.92. The van der Waals surface area contributed by atoms with E-state index in [-0.39, 0.29) is 5.41 Å². The van der Waals surface area contributed by atoms with Gasteiger partial charge in [-0.05, 0) is 41.6 Å². The molecule has 3 saturated carbocycles. The van der Waals surface area contributed by atoms with Gasteiger partial charge in [-0.3, -0.25) is 4.79 Å². The molecule has 174 valence electrons. The molecule has 6 heteroatoms. The first-order valence-electron chi connectivity index (χ1n) is 12.3. The lowest BCUT2D eigenvalue weighted by Gasteiger charge is -2.47. The van der Waals surface area contributed by atoms with Crippen molar-refractivity contribution in [2.24, 2.45) is 22.2 Å². The third kappa shape index (κ3) is 3.92. The van der Waals surface area contributed by atoms with Crippen molar-refractivity contribution in [3.8, 4) is 0 Å². The van der Waals surface area contributed by atoms with E-state index in [1.54, 1.807) is 0 Å². The van der Waals surface area contributed by atoms with E-state index in [1.807, 2.05) is 38.2 Å². The van der Waals surface area contributed by atoms with Crippen molar-refractivity contribution < 1.29 is 4.79 Å². The van der Waals surface area contributed by atoms with Crippen LogP contribution in [0.25, 0.3) is 0 Å². The van der Waals surface area contributed by atoms with Gasteiger partial charge in [-0.25, -0.2) is 14.3 Å². The minimum absolute atomic E-state index is 0.0984. The fraction of sp³-hybridized carbons (Fsp3) is 0.800. The maximum absolute atomic E-state index is 11.7. The van der Waals surface area contributed by atoms with Gasteiger partial charge in [0.1, 0.15) is 5.78 Å². The van der Waals surface area contributed by atoms with Gasteiger partial charge in [0.2, 0.25) is 5.95 Å². The number of nitrogens with zero attached hydrogens (tertiary/aromatic N) is 4. The summed E-state index contributed by atoms with van der Waals surface area (Å²) in [5.41, 5.74) is 2.24. The summed E-state index contributed by atoms with van der Waals surface area (Å²) in [7, 11) is 0. The molecule has 0 aromatic carbocycles. The van der Waals surface area contributed by atoms with Crippen molar-refractivity contribution >= 4 is 23.7 Å². The number of aromatic nitrogens is 2. The summed E-state index contributed by atoms with van der Waals surface area (Å²) in [6, 6.07) is 0. The molecule has 1 spiro atoms. The van der Waals surface area contributed by atoms with Gasteiger partial charge in [-0.2, -0.15) is 0 Å². The zero-order chi connectivity index (χ0) is 22.9. The number of piperazine rings is 1. The number of aryl methyl sites for hydroxylation is 1. The number of Topliss-reactive ketones (excluding diaryl/α,β-unsaturated/α-hetero) is 1. The molecule has 0 radical (unpaired) electrons. The highest BCUT2D eigenvalue weighted by atomic mass is 32.2. The molecule has 1 aliphatic heterocycles. The zero-order valence-corrected chi connectivity index (χ0v) is 21.5. The monoisotopic (exact) mass is 446 g/mol. The third-order valence-corrected chi connectivity index (χ3v) is 9.46. The first-order chi connectivity index (χ1) is 14.8. The second-order valence-corrected chi connectivity index (χ2v) is 11.1. The highest BCUT2D eigenvalue weighted by Gasteiger charge is 2.86. The molecule has 3 unspecified atom stereocenters. The minimum Gasteiger partial charge on any atom is -0.338 e. The van der Waals surface area contributed by atoms with E-state index in [1.165, 1.54) is 12.0 Å². The molecule has 3 aliphatic carbocycles. The molecule has 2 heterocycles. The van der Waals surface area contributed by atoms with Gasteiger partial charge in [0.25, 0.3) is 0 Å². The summed E-state index contributed by atoms with van der Waals surface area (Å²) in [5.74, 6) is 3.32. The molecule has 5 nitrogen and oxygen atoms in total. The normalized spacial score (nSPS) is 32.5. The Morgan fingerprint density at radius 3 is 2.06 bits per heavy atom. The molecule has 3 atom stereocenters. The van der Waals surface area contributed by atoms with Crippen LogP contribution >= 0.6 is 11.9 Å². The average Bonchev–Trinajstić information content (AvgIpc) is 3.25. The van der Waals surface area contributed by atoms with Crippen LogP contribution in [0.2, 0.25) is 0 Å². The lowest BCUT2D eigenvalue weighted by Crippen LogP contribution is -2.45. The second kappa shape index (κ2) is 9.38. The smallest absolute Gasteiger partial charge is 0.225 e. The highest BCUT2D eigenvalue weighted by molar-refractivity contribution is 7.96. The quantitative estimate of drug-likeness (QED) is 0.588. The van der Waals surface area contributed by atoms with Crippen LogP contribution in [0, 0.1) is 22.2 Å². The van der Waals surface area contributed by atoms with Gasteiger partial charge in [0, 0.05) is 56.2 Å². The molecule has 1 aromatic rings. The minimum atomic E-state index is 0.0984. The zero-order valence-electron chi connectivity index (χ0n) is 20.7. The van der Waals surface area contributed by atoms with Gasteiger partial charge in [-0.15, -0.1) is 0 Å². The van der Waals surface area contributed by atoms with Crippen LogP contribution in [0.5, 0.6) is 0 Å². The van der Waals surface area contributed by atoms with E-state index >= 15 is 0 Å². The topological polar surface area (TPSA) is 49.3 Å². The molecule has 4 fully saturated rings. The lowest BCUT2D eigenvalue weighted by molar-refractivity contribution is -0.137. The predicted molar refractivity (Wildman–Crippen MR) is 131 cm³/mol. The fourth-order valence-corrected chi connectivity index (χ4v) is 7.24. The van der Waals surface area contributed by atoms with E-state index < -0.39 is 0 Å². The Labute approximate surface area is 193 Å². The lowest BCUT2D eigenvalue weighted by atomic mass is 9.55. The number of ketones is 1. The first-order valence-corrected chi connectivity index (χ1v) is 13.2. The van der Waals surface area contributed by atoms with E-state index in [0.29, 0.717) is 16.6 Å². The van der Waals surface area contributed by atoms with Crippen molar-refractivity contribution in [3.05, 3.63) is 18.0 Å². The van der Waals surface area contributed by atoms with Crippen LogP contribution in [-0.2, 0) is 11.2 Å². The molecule has 4 aliphatic rings. The maximum Gasteiger partial charge on any atom is 0.225 e. The summed E-state index contributed by atoms with van der Waals surface area (Å²) < 4.78 is 2.43. The molecular formula is C25H42N4OS. The Balaban J connectivity index is 0.000000170. The van der Waals surface area contributed by atoms with Gasteiger partial charge >= 0.3 is 0 Å². The van der Waals surface area contributed by atoms with Crippen molar-refractivity contribution in [1.29, 1.82) is 0 Å². The SMILES string of the molecule is CC.CC12CCC13C(CC2=O)C3(C)C.CCSN1CCN(c2ncc(CC)cn2)CC1. The number of carbonyl (C=O) groups is 1. The molecular weight excluding hydrogens is 404 g/mol. The third-order valence-electron chi connectivity index (χ3n) is 8.47. The van der Waals surface area contributed by atoms with Crippen molar-refractivity contribution in [2.75, 3.05) is 36.8 Å². The fourth-order valence-electron chi connectivity index (χ4n) is 6.45. The summed E-state index contributed by atoms with van der Waals surface area (Å²) in [6.07, 6.45) is 8.23. The van der Waals surface area contributed by atoms with Crippen molar-refractivity contribution in [1.82, 2.24) is 14.3 Å². The Morgan fingerprint density at radius 2 is 1.65 bits per heavy atom. The average molecular weight is 447 g/mol. The van der Waals surface area contributed by atoms with Crippen LogP contribution in [0.4, 0.5) is 5.95 Å². The van der Waals surface area contributed by atoms with Crippen LogP contribution in [0.1, 0.15) is 73.3 Å². The number of anilines is 1. The Kier molecular flexibility index (Phi) is 7.42. The molecule has 1 saturated heterocycles. The number of carbonyl (C=O) groups excluding carboxylic acids is 1.